The molecule has 0 bridgehead atoms. The number of hydrogen-bond acceptors (Lipinski definition) is 4. The first-order valence-corrected chi connectivity index (χ1v) is 6.83. The molecule has 1 aromatic heterocycles. The number of H-pyrrole nitrogens is 1. The topological polar surface area (TPSA) is 95.2 Å². The van der Waals surface area contributed by atoms with Gasteiger partial charge in [-0.1, -0.05) is 0 Å². The van der Waals surface area contributed by atoms with Crippen LogP contribution in [0, 0.1) is 5.92 Å². The third-order valence-corrected chi connectivity index (χ3v) is 4.11. The minimum absolute atomic E-state index is 0.137. The van der Waals surface area contributed by atoms with E-state index in [0.29, 0.717) is 29.8 Å². The van der Waals surface area contributed by atoms with E-state index >= 15 is 0 Å². The average molecular weight is 264 g/mol. The number of carbonyl (C=O) groups is 1. The van der Waals surface area contributed by atoms with Crippen molar-refractivity contribution in [2.75, 3.05) is 19.3 Å². The maximum atomic E-state index is 12.3. The lowest BCUT2D eigenvalue weighted by Gasteiger charge is -2.34. The minimum Gasteiger partial charge on any atom is -0.395 e. The van der Waals surface area contributed by atoms with Crippen molar-refractivity contribution < 1.29 is 9.90 Å². The molecule has 0 aliphatic heterocycles. The van der Waals surface area contributed by atoms with Crippen molar-refractivity contribution in [3.8, 4) is 0 Å². The lowest BCUT2D eigenvalue weighted by molar-refractivity contribution is 0.0264. The van der Waals surface area contributed by atoms with Crippen LogP contribution in [-0.4, -0.2) is 45.8 Å². The maximum Gasteiger partial charge on any atom is 0.276 e. The molecule has 0 spiro atoms. The smallest absolute Gasteiger partial charge is 0.276 e. The summed E-state index contributed by atoms with van der Waals surface area (Å²) in [4.78, 5) is 13.9. The van der Waals surface area contributed by atoms with Gasteiger partial charge in [-0.25, -0.2) is 0 Å². The van der Waals surface area contributed by atoms with Gasteiger partial charge in [0.2, 0.25) is 0 Å². The number of rotatable bonds is 4. The van der Waals surface area contributed by atoms with E-state index in [2.05, 4.69) is 10.2 Å². The first-order valence-electron chi connectivity index (χ1n) is 6.83. The molecule has 4 N–H and O–H groups in total. The molecule has 3 rings (SSSR count). The predicted octanol–water partition coefficient (Wildman–Crippen LogP) is 0.712. The molecule has 0 radical (unpaired) electrons. The number of hydrogen-bond donors (Lipinski definition) is 3. The van der Waals surface area contributed by atoms with Gasteiger partial charge in [0.05, 0.1) is 17.5 Å². The third kappa shape index (κ3) is 2.32. The number of nitrogen functional groups attached to an aromatic ring is 1. The number of amides is 1. The van der Waals surface area contributed by atoms with Gasteiger partial charge in [0.15, 0.2) is 5.69 Å². The van der Waals surface area contributed by atoms with Gasteiger partial charge in [0, 0.05) is 19.5 Å². The highest BCUT2D eigenvalue weighted by atomic mass is 16.3. The first kappa shape index (κ1) is 12.5. The number of nitrogens with one attached hydrogen (secondary N) is 1. The summed E-state index contributed by atoms with van der Waals surface area (Å²) in [6.07, 6.45) is 3.61. The molecule has 0 unspecified atom stereocenters. The Morgan fingerprint density at radius 1 is 1.53 bits per heavy atom. The lowest BCUT2D eigenvalue weighted by Crippen LogP contribution is -2.39. The SMILES string of the molecule is CN(CC1CC(O)C1)C(=O)c1n[nH]c(C2CC2)c1N. The standard InChI is InChI=1S/C13H20N4O2/c1-17(6-7-4-9(18)5-7)13(19)12-10(14)11(15-16-12)8-2-3-8/h7-9,18H,2-6,14H2,1H3,(H,15,16). The Morgan fingerprint density at radius 2 is 2.21 bits per heavy atom. The summed E-state index contributed by atoms with van der Waals surface area (Å²) in [5, 5.41) is 16.2. The van der Waals surface area contributed by atoms with Gasteiger partial charge in [0.1, 0.15) is 0 Å². The zero-order chi connectivity index (χ0) is 13.6. The van der Waals surface area contributed by atoms with Crippen LogP contribution >= 0.6 is 0 Å². The molecule has 6 nitrogen and oxygen atoms in total. The molecular weight excluding hydrogens is 244 g/mol. The van der Waals surface area contributed by atoms with Crippen LogP contribution in [0.25, 0.3) is 0 Å². The quantitative estimate of drug-likeness (QED) is 0.746. The molecule has 2 aliphatic carbocycles. The van der Waals surface area contributed by atoms with Crippen LogP contribution in [0.3, 0.4) is 0 Å². The highest BCUT2D eigenvalue weighted by molar-refractivity contribution is 5.97. The van der Waals surface area contributed by atoms with Crippen LogP contribution in [0.4, 0.5) is 5.69 Å². The third-order valence-electron chi connectivity index (χ3n) is 4.11. The van der Waals surface area contributed by atoms with Crippen LogP contribution in [0.2, 0.25) is 0 Å². The van der Waals surface area contributed by atoms with E-state index < -0.39 is 0 Å². The van der Waals surface area contributed by atoms with Crippen molar-refractivity contribution in [2.45, 2.75) is 37.7 Å². The molecule has 2 aliphatic rings. The van der Waals surface area contributed by atoms with Crippen LogP contribution in [0.5, 0.6) is 0 Å². The summed E-state index contributed by atoms with van der Waals surface area (Å²) in [5.74, 6) is 0.718. The first-order chi connectivity index (χ1) is 9.06. The van der Waals surface area contributed by atoms with Crippen molar-refractivity contribution in [3.05, 3.63) is 11.4 Å². The van der Waals surface area contributed by atoms with E-state index in [1.54, 1.807) is 11.9 Å². The Morgan fingerprint density at radius 3 is 2.79 bits per heavy atom. The number of carbonyl (C=O) groups excluding carboxylic acids is 1. The Hall–Kier alpha value is -1.56. The number of aliphatic hydroxyl groups is 1. The van der Waals surface area contributed by atoms with Crippen LogP contribution in [0.1, 0.15) is 47.8 Å². The molecule has 2 saturated carbocycles. The molecule has 0 saturated heterocycles. The second kappa shape index (κ2) is 4.52. The zero-order valence-electron chi connectivity index (χ0n) is 11.1. The molecule has 0 atom stereocenters. The summed E-state index contributed by atoms with van der Waals surface area (Å²) in [7, 11) is 1.76. The van der Waals surface area contributed by atoms with Crippen molar-refractivity contribution in [2.24, 2.45) is 5.92 Å². The van der Waals surface area contributed by atoms with Gasteiger partial charge < -0.3 is 15.7 Å². The molecular formula is C13H20N4O2. The van der Waals surface area contributed by atoms with Crippen molar-refractivity contribution in [1.82, 2.24) is 15.1 Å². The number of anilines is 1. The second-order valence-electron chi connectivity index (χ2n) is 5.85. The summed E-state index contributed by atoms with van der Waals surface area (Å²) in [5.41, 5.74) is 7.76. The summed E-state index contributed by atoms with van der Waals surface area (Å²) in [6, 6.07) is 0. The molecule has 19 heavy (non-hydrogen) atoms. The maximum absolute atomic E-state index is 12.3. The van der Waals surface area contributed by atoms with E-state index in [9.17, 15) is 9.90 Å². The van der Waals surface area contributed by atoms with Gasteiger partial charge in [-0.3, -0.25) is 9.89 Å². The average Bonchev–Trinajstić information content (AvgIpc) is 3.10. The van der Waals surface area contributed by atoms with E-state index in [-0.39, 0.29) is 12.0 Å². The van der Waals surface area contributed by atoms with Gasteiger partial charge in [-0.15, -0.1) is 0 Å². The van der Waals surface area contributed by atoms with Gasteiger partial charge >= 0.3 is 0 Å². The highest BCUT2D eigenvalue weighted by Crippen LogP contribution is 2.42. The predicted molar refractivity (Wildman–Crippen MR) is 70.7 cm³/mol. The number of nitrogens with zero attached hydrogens (tertiary/aromatic N) is 2. The number of nitrogens with two attached hydrogens (primary N) is 1. The van der Waals surface area contributed by atoms with E-state index in [4.69, 9.17) is 5.73 Å². The van der Waals surface area contributed by atoms with Gasteiger partial charge in [-0.05, 0) is 31.6 Å². The lowest BCUT2D eigenvalue weighted by atomic mass is 9.82. The molecule has 1 heterocycles. The molecule has 0 aromatic carbocycles. The van der Waals surface area contributed by atoms with E-state index in [0.717, 1.165) is 31.4 Å². The van der Waals surface area contributed by atoms with Crippen molar-refractivity contribution in [3.63, 3.8) is 0 Å². The van der Waals surface area contributed by atoms with Gasteiger partial charge in [-0.2, -0.15) is 5.10 Å². The van der Waals surface area contributed by atoms with E-state index in [1.165, 1.54) is 0 Å². The molecule has 1 aromatic rings. The molecule has 104 valence electrons. The fraction of sp³-hybridized carbons (Fsp3) is 0.692. The van der Waals surface area contributed by atoms with Crippen LogP contribution in [0.15, 0.2) is 0 Å². The van der Waals surface area contributed by atoms with Crippen molar-refractivity contribution in [1.29, 1.82) is 0 Å². The van der Waals surface area contributed by atoms with E-state index in [1.807, 2.05) is 0 Å². The summed E-state index contributed by atoms with van der Waals surface area (Å²) >= 11 is 0. The summed E-state index contributed by atoms with van der Waals surface area (Å²) < 4.78 is 0. The minimum atomic E-state index is -0.189. The van der Waals surface area contributed by atoms with Crippen LogP contribution < -0.4 is 5.73 Å². The second-order valence-corrected chi connectivity index (χ2v) is 5.85. The molecule has 2 fully saturated rings. The summed E-state index contributed by atoms with van der Waals surface area (Å²) in [6.45, 7) is 0.654. The Labute approximate surface area is 112 Å². The van der Waals surface area contributed by atoms with Gasteiger partial charge in [0.25, 0.3) is 5.91 Å². The Bertz CT molecular complexity index is 489. The number of aliphatic hydroxyl groups excluding tert-OH is 1. The largest absolute Gasteiger partial charge is 0.395 e. The number of aromatic nitrogens is 2. The fourth-order valence-electron chi connectivity index (χ4n) is 2.71. The normalized spacial score (nSPS) is 26.0. The molecule has 1 amide bonds. The number of aromatic amines is 1. The Balaban J connectivity index is 1.65. The highest BCUT2D eigenvalue weighted by Gasteiger charge is 2.33. The Kier molecular flexibility index (Phi) is 2.97. The monoisotopic (exact) mass is 264 g/mol. The van der Waals surface area contributed by atoms with Crippen LogP contribution in [-0.2, 0) is 0 Å². The fourth-order valence-corrected chi connectivity index (χ4v) is 2.71. The zero-order valence-corrected chi connectivity index (χ0v) is 11.1. The van der Waals surface area contributed by atoms with Crippen molar-refractivity contribution >= 4 is 11.6 Å². The molecule has 6 heteroatoms.